The van der Waals surface area contributed by atoms with Crippen molar-refractivity contribution in [1.29, 1.82) is 0 Å². The summed E-state index contributed by atoms with van der Waals surface area (Å²) in [5.41, 5.74) is 0.711. The first-order chi connectivity index (χ1) is 13.5. The molecule has 2 amide bonds. The lowest BCUT2D eigenvalue weighted by Crippen LogP contribution is -2.46. The number of hydrogen-bond acceptors (Lipinski definition) is 4. The van der Waals surface area contributed by atoms with E-state index >= 15 is 0 Å². The zero-order chi connectivity index (χ0) is 19.7. The molecule has 3 heterocycles. The molecule has 2 aromatic heterocycles. The van der Waals surface area contributed by atoms with Crippen LogP contribution in [-0.2, 0) is 4.79 Å². The van der Waals surface area contributed by atoms with E-state index in [1.54, 1.807) is 11.0 Å². The van der Waals surface area contributed by atoms with Crippen LogP contribution in [0.2, 0.25) is 0 Å². The van der Waals surface area contributed by atoms with Crippen LogP contribution in [0.1, 0.15) is 48.3 Å². The molecule has 6 nitrogen and oxygen atoms in total. The molecule has 1 N–H and O–H groups in total. The Morgan fingerprint density at radius 1 is 1.29 bits per heavy atom. The normalized spacial score (nSPS) is 24.6. The first kappa shape index (κ1) is 18.5. The predicted octanol–water partition coefficient (Wildman–Crippen LogP) is 3.02. The SMILES string of the molecule is Cc1cccc(C(=O)NC2CCCC3(CCN(c4ccc(F)cn4)C3=O)C2)n1. The monoisotopic (exact) mass is 382 g/mol. The average Bonchev–Trinajstić information content (AvgIpc) is 2.98. The third-order valence-electron chi connectivity index (χ3n) is 5.80. The van der Waals surface area contributed by atoms with Gasteiger partial charge < -0.3 is 5.32 Å². The van der Waals surface area contributed by atoms with Crippen molar-refractivity contribution in [2.75, 3.05) is 11.4 Å². The molecule has 2 aliphatic rings. The van der Waals surface area contributed by atoms with E-state index in [2.05, 4.69) is 15.3 Å². The van der Waals surface area contributed by atoms with Gasteiger partial charge in [-0.05, 0) is 56.9 Å². The van der Waals surface area contributed by atoms with Gasteiger partial charge in [-0.25, -0.2) is 14.4 Å². The highest BCUT2D eigenvalue weighted by Gasteiger charge is 2.50. The molecule has 1 spiro atoms. The van der Waals surface area contributed by atoms with Gasteiger partial charge in [0.1, 0.15) is 17.3 Å². The highest BCUT2D eigenvalue weighted by Crippen LogP contribution is 2.45. The Kier molecular flexibility index (Phi) is 4.83. The van der Waals surface area contributed by atoms with Crippen molar-refractivity contribution >= 4 is 17.6 Å². The number of carbonyl (C=O) groups is 2. The highest BCUT2D eigenvalue weighted by atomic mass is 19.1. The molecule has 0 aromatic carbocycles. The molecule has 1 aliphatic carbocycles. The minimum absolute atomic E-state index is 0.0271. The Bertz CT molecular complexity index is 902. The third-order valence-corrected chi connectivity index (χ3v) is 5.80. The summed E-state index contributed by atoms with van der Waals surface area (Å²) in [5, 5.41) is 3.06. The van der Waals surface area contributed by atoms with Crippen LogP contribution in [0, 0.1) is 18.2 Å². The molecule has 1 saturated carbocycles. The maximum atomic E-state index is 13.2. The molecule has 0 radical (unpaired) electrons. The molecule has 2 fully saturated rings. The second kappa shape index (κ2) is 7.30. The zero-order valence-electron chi connectivity index (χ0n) is 15.8. The molecule has 2 unspecified atom stereocenters. The number of rotatable bonds is 3. The number of amides is 2. The van der Waals surface area contributed by atoms with Gasteiger partial charge >= 0.3 is 0 Å². The van der Waals surface area contributed by atoms with Gasteiger partial charge in [0.15, 0.2) is 0 Å². The number of aryl methyl sites for hydroxylation is 1. The lowest BCUT2D eigenvalue weighted by molar-refractivity contribution is -0.127. The lowest BCUT2D eigenvalue weighted by atomic mass is 9.71. The van der Waals surface area contributed by atoms with Crippen molar-refractivity contribution in [3.05, 3.63) is 53.7 Å². The quantitative estimate of drug-likeness (QED) is 0.885. The molecule has 2 atom stereocenters. The van der Waals surface area contributed by atoms with Gasteiger partial charge in [0.2, 0.25) is 5.91 Å². The van der Waals surface area contributed by atoms with E-state index in [-0.39, 0.29) is 17.9 Å². The van der Waals surface area contributed by atoms with Crippen LogP contribution in [0.5, 0.6) is 0 Å². The number of carbonyl (C=O) groups excluding carboxylic acids is 2. The molecular formula is C21H23FN4O2. The second-order valence-electron chi connectivity index (χ2n) is 7.75. The largest absolute Gasteiger partial charge is 0.348 e. The van der Waals surface area contributed by atoms with Gasteiger partial charge in [-0.3, -0.25) is 14.5 Å². The Labute approximate surface area is 163 Å². The standard InChI is InChI=1S/C21H23FN4O2/c1-14-4-2-6-17(24-14)19(27)25-16-5-3-9-21(12-16)10-11-26(20(21)28)18-8-7-15(22)13-23-18/h2,4,6-8,13,16H,3,5,9-12H2,1H3,(H,25,27). The van der Waals surface area contributed by atoms with E-state index in [9.17, 15) is 14.0 Å². The molecule has 146 valence electrons. The fraction of sp³-hybridized carbons (Fsp3) is 0.429. The average molecular weight is 382 g/mol. The number of halogens is 1. The van der Waals surface area contributed by atoms with Crippen LogP contribution in [0.15, 0.2) is 36.5 Å². The first-order valence-corrected chi connectivity index (χ1v) is 9.65. The number of hydrogen-bond donors (Lipinski definition) is 1. The minimum atomic E-state index is -0.480. The van der Waals surface area contributed by atoms with Crippen LogP contribution < -0.4 is 10.2 Å². The summed E-state index contributed by atoms with van der Waals surface area (Å²) >= 11 is 0. The molecule has 0 bridgehead atoms. The molecule has 7 heteroatoms. The zero-order valence-corrected chi connectivity index (χ0v) is 15.8. The van der Waals surface area contributed by atoms with E-state index in [1.165, 1.54) is 12.1 Å². The molecular weight excluding hydrogens is 359 g/mol. The summed E-state index contributed by atoms with van der Waals surface area (Å²) in [7, 11) is 0. The van der Waals surface area contributed by atoms with Crippen molar-refractivity contribution in [2.24, 2.45) is 5.41 Å². The van der Waals surface area contributed by atoms with E-state index in [0.29, 0.717) is 24.5 Å². The summed E-state index contributed by atoms with van der Waals surface area (Å²) in [6.07, 6.45) is 5.00. The fourth-order valence-electron chi connectivity index (χ4n) is 4.40. The summed E-state index contributed by atoms with van der Waals surface area (Å²) in [6.45, 7) is 2.42. The summed E-state index contributed by atoms with van der Waals surface area (Å²) in [5.74, 6) is -0.110. The van der Waals surface area contributed by atoms with Crippen LogP contribution in [0.4, 0.5) is 10.2 Å². The van der Waals surface area contributed by atoms with E-state index < -0.39 is 11.2 Å². The number of nitrogens with one attached hydrogen (secondary N) is 1. The van der Waals surface area contributed by atoms with Gasteiger partial charge in [0, 0.05) is 18.3 Å². The topological polar surface area (TPSA) is 75.2 Å². The highest BCUT2D eigenvalue weighted by molar-refractivity contribution is 5.99. The van der Waals surface area contributed by atoms with Crippen LogP contribution in [-0.4, -0.2) is 34.4 Å². The third kappa shape index (κ3) is 3.48. The van der Waals surface area contributed by atoms with Gasteiger partial charge in [0.05, 0.1) is 11.6 Å². The van der Waals surface area contributed by atoms with Crippen molar-refractivity contribution in [1.82, 2.24) is 15.3 Å². The van der Waals surface area contributed by atoms with E-state index in [4.69, 9.17) is 0 Å². The number of nitrogens with zero attached hydrogens (tertiary/aromatic N) is 3. The number of aromatic nitrogens is 2. The molecule has 1 aliphatic heterocycles. The summed E-state index contributed by atoms with van der Waals surface area (Å²) < 4.78 is 13.1. The molecule has 4 rings (SSSR count). The Balaban J connectivity index is 1.46. The first-order valence-electron chi connectivity index (χ1n) is 9.65. The van der Waals surface area contributed by atoms with Gasteiger partial charge in [-0.2, -0.15) is 0 Å². The van der Waals surface area contributed by atoms with Gasteiger partial charge in [0.25, 0.3) is 5.91 Å². The second-order valence-corrected chi connectivity index (χ2v) is 7.75. The number of anilines is 1. The van der Waals surface area contributed by atoms with E-state index in [0.717, 1.165) is 37.6 Å². The fourth-order valence-corrected chi connectivity index (χ4v) is 4.40. The predicted molar refractivity (Wildman–Crippen MR) is 102 cm³/mol. The minimum Gasteiger partial charge on any atom is -0.348 e. The van der Waals surface area contributed by atoms with Crippen molar-refractivity contribution in [2.45, 2.75) is 45.1 Å². The number of pyridine rings is 2. The van der Waals surface area contributed by atoms with Crippen LogP contribution >= 0.6 is 0 Å². The van der Waals surface area contributed by atoms with Gasteiger partial charge in [-0.15, -0.1) is 0 Å². The molecule has 2 aromatic rings. The smallest absolute Gasteiger partial charge is 0.270 e. The van der Waals surface area contributed by atoms with Crippen LogP contribution in [0.3, 0.4) is 0 Å². The van der Waals surface area contributed by atoms with Crippen molar-refractivity contribution in [3.8, 4) is 0 Å². The maximum Gasteiger partial charge on any atom is 0.270 e. The Morgan fingerprint density at radius 2 is 2.14 bits per heavy atom. The maximum absolute atomic E-state index is 13.2. The molecule has 1 saturated heterocycles. The van der Waals surface area contributed by atoms with E-state index in [1.807, 2.05) is 19.1 Å². The summed E-state index contributed by atoms with van der Waals surface area (Å²) in [4.78, 5) is 35.7. The van der Waals surface area contributed by atoms with Crippen LogP contribution in [0.25, 0.3) is 0 Å². The van der Waals surface area contributed by atoms with Crippen molar-refractivity contribution < 1.29 is 14.0 Å². The van der Waals surface area contributed by atoms with Crippen molar-refractivity contribution in [3.63, 3.8) is 0 Å². The lowest BCUT2D eigenvalue weighted by Gasteiger charge is -2.36. The van der Waals surface area contributed by atoms with Gasteiger partial charge in [-0.1, -0.05) is 12.5 Å². The summed E-state index contributed by atoms with van der Waals surface area (Å²) in [6, 6.07) is 8.16. The Morgan fingerprint density at radius 3 is 2.89 bits per heavy atom. The molecule has 28 heavy (non-hydrogen) atoms. The Hall–Kier alpha value is -2.83.